The molecular formula is C17H28FN3O4S. The highest BCUT2D eigenvalue weighted by atomic mass is 32.2. The summed E-state index contributed by atoms with van der Waals surface area (Å²) in [5.74, 6) is 0.358. The van der Waals surface area contributed by atoms with Gasteiger partial charge in [-0.3, -0.25) is 4.79 Å². The van der Waals surface area contributed by atoms with Crippen molar-refractivity contribution in [1.29, 1.82) is 0 Å². The zero-order valence-electron chi connectivity index (χ0n) is 14.8. The molecule has 6 unspecified atom stereocenters. The van der Waals surface area contributed by atoms with Crippen LogP contribution in [0.25, 0.3) is 0 Å². The van der Waals surface area contributed by atoms with E-state index in [1.54, 1.807) is 0 Å². The molecule has 1 aliphatic heterocycles. The third kappa shape index (κ3) is 3.63. The van der Waals surface area contributed by atoms with Gasteiger partial charge in [-0.1, -0.05) is 0 Å². The van der Waals surface area contributed by atoms with Crippen molar-refractivity contribution >= 4 is 16.1 Å². The van der Waals surface area contributed by atoms with Crippen molar-refractivity contribution in [1.82, 2.24) is 14.3 Å². The van der Waals surface area contributed by atoms with Crippen LogP contribution < -0.4 is 10.0 Å². The smallest absolute Gasteiger partial charge is 0.304 e. The first-order valence-corrected chi connectivity index (χ1v) is 11.1. The summed E-state index contributed by atoms with van der Waals surface area (Å²) in [6.07, 6.45) is 3.08. The van der Waals surface area contributed by atoms with E-state index in [0.29, 0.717) is 18.8 Å². The standard InChI is InChI=1S/C17H28FN3O4S/c18-16-13-5-11(8-19-7-10-1-2-10)3-4-12(13)6-14(22)17(16)21-9-15(23)20-26(21,24)25/h10-14,16-17,19,22H,1-9H2,(H,20,23). The number of hydrogen-bond acceptors (Lipinski definition) is 5. The lowest BCUT2D eigenvalue weighted by molar-refractivity contribution is -0.120. The average Bonchev–Trinajstić information content (AvgIpc) is 3.33. The second kappa shape index (κ2) is 7.00. The molecular weight excluding hydrogens is 361 g/mol. The maximum atomic E-state index is 15.4. The predicted molar refractivity (Wildman–Crippen MR) is 93.0 cm³/mol. The summed E-state index contributed by atoms with van der Waals surface area (Å²) >= 11 is 0. The SMILES string of the molecule is O=C1CN(C2C(O)CC3CCC(CNCC4CC4)CC3C2F)S(=O)(=O)N1. The van der Waals surface area contributed by atoms with Gasteiger partial charge < -0.3 is 10.4 Å². The Balaban J connectivity index is 1.43. The summed E-state index contributed by atoms with van der Waals surface area (Å²) in [5.41, 5.74) is 0. The van der Waals surface area contributed by atoms with Crippen molar-refractivity contribution in [2.75, 3.05) is 19.6 Å². The Morgan fingerprint density at radius 1 is 1.15 bits per heavy atom. The maximum Gasteiger partial charge on any atom is 0.304 e. The topological polar surface area (TPSA) is 98.7 Å². The van der Waals surface area contributed by atoms with Gasteiger partial charge >= 0.3 is 10.2 Å². The van der Waals surface area contributed by atoms with Gasteiger partial charge in [0.25, 0.3) is 0 Å². The maximum absolute atomic E-state index is 15.4. The largest absolute Gasteiger partial charge is 0.391 e. The Kier molecular flexibility index (Phi) is 5.00. The van der Waals surface area contributed by atoms with Crippen LogP contribution in [-0.2, 0) is 15.0 Å². The molecule has 0 bridgehead atoms. The van der Waals surface area contributed by atoms with E-state index in [2.05, 4.69) is 5.32 Å². The van der Waals surface area contributed by atoms with E-state index in [1.165, 1.54) is 12.8 Å². The molecule has 0 spiro atoms. The molecule has 3 aliphatic carbocycles. The molecule has 9 heteroatoms. The number of aliphatic hydroxyl groups excluding tert-OH is 1. The quantitative estimate of drug-likeness (QED) is 0.622. The van der Waals surface area contributed by atoms with Crippen molar-refractivity contribution in [3.63, 3.8) is 0 Å². The molecule has 3 N–H and O–H groups in total. The van der Waals surface area contributed by atoms with Gasteiger partial charge in [-0.15, -0.1) is 0 Å². The van der Waals surface area contributed by atoms with Crippen molar-refractivity contribution in [2.24, 2.45) is 23.7 Å². The van der Waals surface area contributed by atoms with Crippen LogP contribution >= 0.6 is 0 Å². The van der Waals surface area contributed by atoms with Crippen LogP contribution in [0.2, 0.25) is 0 Å². The summed E-state index contributed by atoms with van der Waals surface area (Å²) in [6.45, 7) is 1.50. The summed E-state index contributed by atoms with van der Waals surface area (Å²) in [7, 11) is -4.05. The van der Waals surface area contributed by atoms with E-state index in [4.69, 9.17) is 0 Å². The van der Waals surface area contributed by atoms with E-state index in [0.717, 1.165) is 36.2 Å². The van der Waals surface area contributed by atoms with Crippen LogP contribution in [-0.4, -0.2) is 61.7 Å². The van der Waals surface area contributed by atoms with E-state index in [9.17, 15) is 18.3 Å². The Hall–Kier alpha value is -0.770. The predicted octanol–water partition coefficient (Wildman–Crippen LogP) is 0.166. The van der Waals surface area contributed by atoms with Crippen molar-refractivity contribution in [2.45, 2.75) is 56.8 Å². The lowest BCUT2D eigenvalue weighted by Crippen LogP contribution is -2.59. The number of amides is 1. The molecule has 6 atom stereocenters. The summed E-state index contributed by atoms with van der Waals surface area (Å²) in [6, 6.07) is -1.17. The number of rotatable bonds is 5. The summed E-state index contributed by atoms with van der Waals surface area (Å²) < 4.78 is 42.3. The number of hydrogen-bond donors (Lipinski definition) is 3. The molecule has 0 aromatic heterocycles. The minimum absolute atomic E-state index is 0.0879. The van der Waals surface area contributed by atoms with Crippen LogP contribution in [0.4, 0.5) is 4.39 Å². The molecule has 4 fully saturated rings. The molecule has 1 amide bonds. The van der Waals surface area contributed by atoms with E-state index < -0.39 is 41.0 Å². The van der Waals surface area contributed by atoms with Crippen LogP contribution in [0.1, 0.15) is 38.5 Å². The number of fused-ring (bicyclic) bond motifs is 1. The third-order valence-electron chi connectivity index (χ3n) is 6.58. The van der Waals surface area contributed by atoms with Crippen molar-refractivity contribution < 1.29 is 22.7 Å². The molecule has 7 nitrogen and oxygen atoms in total. The Labute approximate surface area is 153 Å². The lowest BCUT2D eigenvalue weighted by atomic mass is 9.64. The molecule has 0 aromatic rings. The molecule has 0 radical (unpaired) electrons. The van der Waals surface area contributed by atoms with Gasteiger partial charge in [0.15, 0.2) is 0 Å². The summed E-state index contributed by atoms with van der Waals surface area (Å²) in [4.78, 5) is 11.5. The lowest BCUT2D eigenvalue weighted by Gasteiger charge is -2.48. The van der Waals surface area contributed by atoms with Gasteiger partial charge in [0, 0.05) is 0 Å². The molecule has 4 aliphatic rings. The normalized spacial score (nSPS) is 43.1. The van der Waals surface area contributed by atoms with Crippen LogP contribution in [0.15, 0.2) is 0 Å². The molecule has 0 aromatic carbocycles. The highest BCUT2D eigenvalue weighted by Gasteiger charge is 2.53. The molecule has 1 saturated heterocycles. The van der Waals surface area contributed by atoms with E-state index in [-0.39, 0.29) is 11.8 Å². The number of aliphatic hydroxyl groups is 1. The number of nitrogens with zero attached hydrogens (tertiary/aromatic N) is 1. The minimum atomic E-state index is -4.05. The van der Waals surface area contributed by atoms with Gasteiger partial charge in [0.05, 0.1) is 18.7 Å². The number of halogens is 1. The third-order valence-corrected chi connectivity index (χ3v) is 8.05. The average molecular weight is 389 g/mol. The first-order valence-electron chi connectivity index (χ1n) is 9.70. The van der Waals surface area contributed by atoms with Crippen molar-refractivity contribution in [3.8, 4) is 0 Å². The summed E-state index contributed by atoms with van der Waals surface area (Å²) in [5, 5.41) is 13.9. The molecule has 3 saturated carbocycles. The van der Waals surface area contributed by atoms with Gasteiger partial charge in [-0.25, -0.2) is 9.11 Å². The first-order chi connectivity index (χ1) is 12.3. The number of alkyl halides is 1. The molecule has 1 heterocycles. The van der Waals surface area contributed by atoms with Crippen LogP contribution in [0, 0.1) is 23.7 Å². The molecule has 4 rings (SSSR count). The van der Waals surface area contributed by atoms with Gasteiger partial charge in [-0.05, 0) is 75.3 Å². The fourth-order valence-corrected chi connectivity index (χ4v) is 6.37. The van der Waals surface area contributed by atoms with Gasteiger partial charge in [0.2, 0.25) is 5.91 Å². The fraction of sp³-hybridized carbons (Fsp3) is 0.941. The fourth-order valence-electron chi connectivity index (χ4n) is 5.03. The molecule has 148 valence electrons. The Morgan fingerprint density at radius 2 is 1.85 bits per heavy atom. The van der Waals surface area contributed by atoms with E-state index >= 15 is 4.39 Å². The zero-order chi connectivity index (χ0) is 18.5. The highest BCUT2D eigenvalue weighted by Crippen LogP contribution is 2.46. The highest BCUT2D eigenvalue weighted by molar-refractivity contribution is 7.88. The Morgan fingerprint density at radius 3 is 2.50 bits per heavy atom. The van der Waals surface area contributed by atoms with Crippen LogP contribution in [0.3, 0.4) is 0 Å². The van der Waals surface area contributed by atoms with Gasteiger partial charge in [-0.2, -0.15) is 12.7 Å². The Bertz CT molecular complexity index is 656. The minimum Gasteiger partial charge on any atom is -0.391 e. The number of carbonyl (C=O) groups is 1. The number of nitrogens with one attached hydrogen (secondary N) is 2. The molecule has 26 heavy (non-hydrogen) atoms. The second-order valence-corrected chi connectivity index (χ2v) is 10.1. The first kappa shape index (κ1) is 18.6. The van der Waals surface area contributed by atoms with Crippen molar-refractivity contribution in [3.05, 3.63) is 0 Å². The zero-order valence-corrected chi connectivity index (χ0v) is 15.6. The number of carbonyl (C=O) groups excluding carboxylic acids is 1. The second-order valence-electron chi connectivity index (χ2n) is 8.52. The van der Waals surface area contributed by atoms with E-state index in [1.807, 2.05) is 4.72 Å². The van der Waals surface area contributed by atoms with Crippen LogP contribution in [0.5, 0.6) is 0 Å². The monoisotopic (exact) mass is 389 g/mol. The van der Waals surface area contributed by atoms with Gasteiger partial charge in [0.1, 0.15) is 6.17 Å².